The van der Waals surface area contributed by atoms with E-state index in [1.165, 1.54) is 11.1 Å². The molecule has 0 bridgehead atoms. The van der Waals surface area contributed by atoms with E-state index < -0.39 is 0 Å². The molecule has 20 heavy (non-hydrogen) atoms. The van der Waals surface area contributed by atoms with Gasteiger partial charge in [0.05, 0.1) is 7.11 Å². The van der Waals surface area contributed by atoms with Gasteiger partial charge in [-0.05, 0) is 35.6 Å². The predicted molar refractivity (Wildman–Crippen MR) is 84.1 cm³/mol. The van der Waals surface area contributed by atoms with Crippen molar-refractivity contribution < 1.29 is 4.74 Å². The van der Waals surface area contributed by atoms with Crippen molar-refractivity contribution in [1.29, 1.82) is 0 Å². The van der Waals surface area contributed by atoms with E-state index >= 15 is 0 Å². The largest absolute Gasteiger partial charge is 0.496 e. The second-order valence-electron chi connectivity index (χ2n) is 5.12. The monoisotopic (exact) mass is 269 g/mol. The van der Waals surface area contributed by atoms with Crippen molar-refractivity contribution in [1.82, 2.24) is 0 Å². The van der Waals surface area contributed by atoms with Crippen molar-refractivity contribution in [3.63, 3.8) is 0 Å². The molecular formula is C18H23NO. The van der Waals surface area contributed by atoms with E-state index in [1.54, 1.807) is 7.11 Å². The lowest BCUT2D eigenvalue weighted by molar-refractivity contribution is 0.408. The SMILES string of the molecule is CCCc1cccc(C(N)Cc2ccccc2OC)c1. The Morgan fingerprint density at radius 3 is 2.65 bits per heavy atom. The van der Waals surface area contributed by atoms with Crippen LogP contribution in [0, 0.1) is 0 Å². The number of methoxy groups -OCH3 is 1. The third-order valence-corrected chi connectivity index (χ3v) is 3.55. The van der Waals surface area contributed by atoms with Crippen LogP contribution < -0.4 is 10.5 Å². The molecule has 0 fully saturated rings. The molecule has 0 radical (unpaired) electrons. The standard InChI is InChI=1S/C18H23NO/c1-3-7-14-8-6-10-15(12-14)17(19)13-16-9-4-5-11-18(16)20-2/h4-6,8-12,17H,3,7,13,19H2,1-2H3. The van der Waals surface area contributed by atoms with Crippen LogP contribution >= 0.6 is 0 Å². The second kappa shape index (κ2) is 7.11. The van der Waals surface area contributed by atoms with Crippen LogP contribution in [-0.2, 0) is 12.8 Å². The zero-order valence-corrected chi connectivity index (χ0v) is 12.3. The van der Waals surface area contributed by atoms with Crippen LogP contribution in [0.4, 0.5) is 0 Å². The van der Waals surface area contributed by atoms with Gasteiger partial charge in [0.25, 0.3) is 0 Å². The molecule has 0 saturated heterocycles. The van der Waals surface area contributed by atoms with Crippen molar-refractivity contribution in [3.05, 3.63) is 65.2 Å². The van der Waals surface area contributed by atoms with Gasteiger partial charge in [-0.15, -0.1) is 0 Å². The molecule has 0 aromatic heterocycles. The number of benzene rings is 2. The van der Waals surface area contributed by atoms with Crippen molar-refractivity contribution in [2.45, 2.75) is 32.2 Å². The zero-order chi connectivity index (χ0) is 14.4. The lowest BCUT2D eigenvalue weighted by Crippen LogP contribution is -2.14. The molecule has 0 aliphatic carbocycles. The highest BCUT2D eigenvalue weighted by atomic mass is 16.5. The summed E-state index contributed by atoms with van der Waals surface area (Å²) in [6.45, 7) is 2.20. The maximum Gasteiger partial charge on any atom is 0.122 e. The summed E-state index contributed by atoms with van der Waals surface area (Å²) in [7, 11) is 1.70. The number of rotatable bonds is 6. The molecule has 2 heteroatoms. The Morgan fingerprint density at radius 1 is 1.10 bits per heavy atom. The first-order valence-corrected chi connectivity index (χ1v) is 7.21. The molecular weight excluding hydrogens is 246 g/mol. The first-order chi connectivity index (χ1) is 9.74. The minimum absolute atomic E-state index is 0.00288. The van der Waals surface area contributed by atoms with Gasteiger partial charge in [-0.2, -0.15) is 0 Å². The topological polar surface area (TPSA) is 35.2 Å². The van der Waals surface area contributed by atoms with Gasteiger partial charge in [0.1, 0.15) is 5.75 Å². The molecule has 0 aliphatic rings. The highest BCUT2D eigenvalue weighted by molar-refractivity contribution is 5.35. The van der Waals surface area contributed by atoms with Crippen molar-refractivity contribution in [2.24, 2.45) is 5.73 Å². The normalized spacial score (nSPS) is 12.2. The molecule has 0 saturated carbocycles. The highest BCUT2D eigenvalue weighted by Gasteiger charge is 2.10. The number of para-hydroxylation sites is 1. The molecule has 0 spiro atoms. The number of hydrogen-bond acceptors (Lipinski definition) is 2. The van der Waals surface area contributed by atoms with E-state index in [9.17, 15) is 0 Å². The predicted octanol–water partition coefficient (Wildman–Crippen LogP) is 3.89. The zero-order valence-electron chi connectivity index (χ0n) is 12.3. The summed E-state index contributed by atoms with van der Waals surface area (Å²) in [6.07, 6.45) is 3.06. The lowest BCUT2D eigenvalue weighted by Gasteiger charge is -2.15. The van der Waals surface area contributed by atoms with Crippen molar-refractivity contribution in [2.75, 3.05) is 7.11 Å². The van der Waals surface area contributed by atoms with E-state index in [-0.39, 0.29) is 6.04 Å². The van der Waals surface area contributed by atoms with Crippen LogP contribution in [0.15, 0.2) is 48.5 Å². The van der Waals surface area contributed by atoms with E-state index in [0.29, 0.717) is 0 Å². The summed E-state index contributed by atoms with van der Waals surface area (Å²) in [6, 6.07) is 16.7. The van der Waals surface area contributed by atoms with Gasteiger partial charge in [-0.1, -0.05) is 55.8 Å². The maximum atomic E-state index is 6.36. The number of nitrogens with two attached hydrogens (primary N) is 1. The van der Waals surface area contributed by atoms with Gasteiger partial charge in [0.2, 0.25) is 0 Å². The van der Waals surface area contributed by atoms with Crippen molar-refractivity contribution >= 4 is 0 Å². The third-order valence-electron chi connectivity index (χ3n) is 3.55. The Kier molecular flexibility index (Phi) is 5.19. The van der Waals surface area contributed by atoms with Gasteiger partial charge < -0.3 is 10.5 Å². The Labute approximate surface area is 121 Å². The van der Waals surface area contributed by atoms with Crippen LogP contribution in [0.1, 0.15) is 36.1 Å². The first kappa shape index (κ1) is 14.6. The van der Waals surface area contributed by atoms with Crippen LogP contribution in [-0.4, -0.2) is 7.11 Å². The Bertz CT molecular complexity index is 551. The molecule has 2 N–H and O–H groups in total. The van der Waals surface area contributed by atoms with Gasteiger partial charge in [0.15, 0.2) is 0 Å². The average molecular weight is 269 g/mol. The first-order valence-electron chi connectivity index (χ1n) is 7.21. The van der Waals surface area contributed by atoms with Gasteiger partial charge in [-0.25, -0.2) is 0 Å². The Balaban J connectivity index is 2.15. The molecule has 2 rings (SSSR count). The van der Waals surface area contributed by atoms with Crippen LogP contribution in [0.2, 0.25) is 0 Å². The lowest BCUT2D eigenvalue weighted by atomic mass is 9.96. The van der Waals surface area contributed by atoms with E-state index in [0.717, 1.165) is 30.6 Å². The molecule has 0 heterocycles. The minimum Gasteiger partial charge on any atom is -0.496 e. The third kappa shape index (κ3) is 3.61. The van der Waals surface area contributed by atoms with Crippen LogP contribution in [0.5, 0.6) is 5.75 Å². The maximum absolute atomic E-state index is 6.36. The van der Waals surface area contributed by atoms with E-state index in [1.807, 2.05) is 18.2 Å². The van der Waals surface area contributed by atoms with Crippen molar-refractivity contribution in [3.8, 4) is 5.75 Å². The highest BCUT2D eigenvalue weighted by Crippen LogP contribution is 2.24. The van der Waals surface area contributed by atoms with Gasteiger partial charge in [0, 0.05) is 6.04 Å². The fourth-order valence-electron chi connectivity index (χ4n) is 2.49. The quantitative estimate of drug-likeness (QED) is 0.863. The van der Waals surface area contributed by atoms with Gasteiger partial charge >= 0.3 is 0 Å². The van der Waals surface area contributed by atoms with Crippen LogP contribution in [0.3, 0.4) is 0 Å². The molecule has 2 nitrogen and oxygen atoms in total. The summed E-state index contributed by atoms with van der Waals surface area (Å²) in [5, 5.41) is 0. The minimum atomic E-state index is 0.00288. The summed E-state index contributed by atoms with van der Waals surface area (Å²) >= 11 is 0. The van der Waals surface area contributed by atoms with E-state index in [4.69, 9.17) is 10.5 Å². The summed E-state index contributed by atoms with van der Waals surface area (Å²) < 4.78 is 5.39. The Hall–Kier alpha value is -1.80. The number of hydrogen-bond donors (Lipinski definition) is 1. The molecule has 2 aromatic carbocycles. The average Bonchev–Trinajstić information content (AvgIpc) is 2.48. The molecule has 0 amide bonds. The summed E-state index contributed by atoms with van der Waals surface area (Å²) in [5.41, 5.74) is 10.1. The molecule has 1 unspecified atom stereocenters. The Morgan fingerprint density at radius 2 is 1.90 bits per heavy atom. The van der Waals surface area contributed by atoms with E-state index in [2.05, 4.69) is 37.3 Å². The molecule has 2 aromatic rings. The summed E-state index contributed by atoms with van der Waals surface area (Å²) in [5.74, 6) is 0.910. The molecule has 1 atom stereocenters. The summed E-state index contributed by atoms with van der Waals surface area (Å²) in [4.78, 5) is 0. The van der Waals surface area contributed by atoms with Gasteiger partial charge in [-0.3, -0.25) is 0 Å². The second-order valence-corrected chi connectivity index (χ2v) is 5.12. The molecule has 0 aliphatic heterocycles. The van der Waals surface area contributed by atoms with Crippen LogP contribution in [0.25, 0.3) is 0 Å². The number of ether oxygens (including phenoxy) is 1. The smallest absolute Gasteiger partial charge is 0.122 e. The number of aryl methyl sites for hydroxylation is 1. The fraction of sp³-hybridized carbons (Fsp3) is 0.333. The fourth-order valence-corrected chi connectivity index (χ4v) is 2.49. The molecule has 106 valence electrons.